The zero-order valence-electron chi connectivity index (χ0n) is 15.0. The molecule has 2 heterocycles. The third-order valence-electron chi connectivity index (χ3n) is 5.25. The minimum Gasteiger partial charge on any atom is -0.368 e. The summed E-state index contributed by atoms with van der Waals surface area (Å²) >= 11 is 0. The number of benzene rings is 1. The number of nitrogens with zero attached hydrogens (tertiary/aromatic N) is 4. The molecule has 2 aliphatic rings. The summed E-state index contributed by atoms with van der Waals surface area (Å²) in [5, 5.41) is 3.54. The predicted octanol–water partition coefficient (Wildman–Crippen LogP) is 3.47. The molecule has 1 aliphatic heterocycles. The molecular weight excluding hydrogens is 310 g/mol. The molecule has 4 rings (SSSR count). The van der Waals surface area contributed by atoms with Crippen molar-refractivity contribution >= 4 is 17.5 Å². The molecule has 5 nitrogen and oxygen atoms in total. The van der Waals surface area contributed by atoms with Crippen LogP contribution in [0.15, 0.2) is 36.4 Å². The van der Waals surface area contributed by atoms with E-state index in [2.05, 4.69) is 63.4 Å². The maximum absolute atomic E-state index is 4.80. The number of aromatic nitrogens is 2. The fraction of sp³-hybridized carbons (Fsp3) is 0.500. The van der Waals surface area contributed by atoms with Crippen molar-refractivity contribution in [1.82, 2.24) is 9.97 Å². The van der Waals surface area contributed by atoms with Crippen LogP contribution in [0.4, 0.5) is 17.5 Å². The van der Waals surface area contributed by atoms with Crippen molar-refractivity contribution < 1.29 is 0 Å². The lowest BCUT2D eigenvalue weighted by molar-refractivity contribution is 0.645. The van der Waals surface area contributed by atoms with Gasteiger partial charge in [-0.3, -0.25) is 0 Å². The molecule has 0 unspecified atom stereocenters. The lowest BCUT2D eigenvalue weighted by atomic mass is 10.2. The van der Waals surface area contributed by atoms with Crippen molar-refractivity contribution in [3.05, 3.63) is 42.1 Å². The first-order valence-electron chi connectivity index (χ1n) is 9.45. The van der Waals surface area contributed by atoms with Crippen molar-refractivity contribution in [2.24, 2.45) is 0 Å². The van der Waals surface area contributed by atoms with E-state index >= 15 is 0 Å². The van der Waals surface area contributed by atoms with E-state index in [-0.39, 0.29) is 0 Å². The number of anilines is 3. The Morgan fingerprint density at radius 1 is 0.920 bits per heavy atom. The quantitative estimate of drug-likeness (QED) is 0.925. The number of aryl methyl sites for hydroxylation is 1. The maximum Gasteiger partial charge on any atom is 0.225 e. The zero-order valence-corrected chi connectivity index (χ0v) is 15.0. The Morgan fingerprint density at radius 2 is 1.60 bits per heavy atom. The SMILES string of the molecule is Cc1cc(N2CCN(c3ccccc3)CC2)nc(NC2CCCC2)n1. The highest BCUT2D eigenvalue weighted by molar-refractivity contribution is 5.50. The summed E-state index contributed by atoms with van der Waals surface area (Å²) in [5.41, 5.74) is 2.35. The van der Waals surface area contributed by atoms with Crippen LogP contribution < -0.4 is 15.1 Å². The topological polar surface area (TPSA) is 44.3 Å². The fourth-order valence-corrected chi connectivity index (χ4v) is 3.86. The summed E-state index contributed by atoms with van der Waals surface area (Å²) in [6, 6.07) is 13.3. The third-order valence-corrected chi connectivity index (χ3v) is 5.25. The highest BCUT2D eigenvalue weighted by Gasteiger charge is 2.20. The Morgan fingerprint density at radius 3 is 2.32 bits per heavy atom. The molecule has 2 aromatic rings. The summed E-state index contributed by atoms with van der Waals surface area (Å²) in [6.45, 7) is 6.10. The summed E-state index contributed by atoms with van der Waals surface area (Å²) in [7, 11) is 0. The molecule has 132 valence electrons. The summed E-state index contributed by atoms with van der Waals surface area (Å²) in [6.07, 6.45) is 5.11. The van der Waals surface area contributed by atoms with E-state index in [1.807, 2.05) is 0 Å². The molecule has 0 bridgehead atoms. The molecule has 1 aliphatic carbocycles. The first-order valence-corrected chi connectivity index (χ1v) is 9.45. The minimum atomic E-state index is 0.546. The number of rotatable bonds is 4. The van der Waals surface area contributed by atoms with Crippen LogP contribution in [0.25, 0.3) is 0 Å². The minimum absolute atomic E-state index is 0.546. The molecule has 0 amide bonds. The second-order valence-corrected chi connectivity index (χ2v) is 7.13. The lowest BCUT2D eigenvalue weighted by Crippen LogP contribution is -2.47. The molecule has 5 heteroatoms. The van der Waals surface area contributed by atoms with Crippen molar-refractivity contribution in [3.8, 4) is 0 Å². The van der Waals surface area contributed by atoms with Gasteiger partial charge < -0.3 is 15.1 Å². The highest BCUT2D eigenvalue weighted by Crippen LogP contribution is 2.23. The van der Waals surface area contributed by atoms with E-state index in [0.29, 0.717) is 6.04 Å². The van der Waals surface area contributed by atoms with E-state index < -0.39 is 0 Å². The second-order valence-electron chi connectivity index (χ2n) is 7.13. The third kappa shape index (κ3) is 3.86. The van der Waals surface area contributed by atoms with Gasteiger partial charge in [0.05, 0.1) is 0 Å². The van der Waals surface area contributed by atoms with Crippen LogP contribution in [0.3, 0.4) is 0 Å². The van der Waals surface area contributed by atoms with E-state index in [1.54, 1.807) is 0 Å². The van der Waals surface area contributed by atoms with E-state index in [4.69, 9.17) is 4.98 Å². The molecule has 0 radical (unpaired) electrons. The molecule has 1 aromatic heterocycles. The van der Waals surface area contributed by atoms with Gasteiger partial charge in [0.25, 0.3) is 0 Å². The Hall–Kier alpha value is -2.30. The highest BCUT2D eigenvalue weighted by atomic mass is 15.3. The van der Waals surface area contributed by atoms with Crippen LogP contribution in [0.1, 0.15) is 31.4 Å². The number of piperazine rings is 1. The molecule has 1 aromatic carbocycles. The molecular formula is C20H27N5. The average Bonchev–Trinajstić information content (AvgIpc) is 3.15. The maximum atomic E-state index is 4.80. The van der Waals surface area contributed by atoms with E-state index in [0.717, 1.165) is 43.6 Å². The Bertz CT molecular complexity index is 688. The van der Waals surface area contributed by atoms with Crippen LogP contribution in [-0.2, 0) is 0 Å². The van der Waals surface area contributed by atoms with Gasteiger partial charge in [0.2, 0.25) is 5.95 Å². The van der Waals surface area contributed by atoms with Gasteiger partial charge in [0, 0.05) is 49.7 Å². The number of hydrogen-bond acceptors (Lipinski definition) is 5. The first-order chi connectivity index (χ1) is 12.3. The zero-order chi connectivity index (χ0) is 17.1. The van der Waals surface area contributed by atoms with Gasteiger partial charge in [-0.1, -0.05) is 31.0 Å². The fourth-order valence-electron chi connectivity index (χ4n) is 3.86. The molecule has 0 atom stereocenters. The smallest absolute Gasteiger partial charge is 0.225 e. The number of nitrogens with one attached hydrogen (secondary N) is 1. The van der Waals surface area contributed by atoms with Crippen molar-refractivity contribution in [2.45, 2.75) is 38.6 Å². The standard InChI is InChI=1S/C20H27N5/c1-16-15-19(23-20(21-16)22-17-7-5-6-8-17)25-13-11-24(12-14-25)18-9-3-2-4-10-18/h2-4,9-10,15,17H,5-8,11-14H2,1H3,(H,21,22,23). The van der Waals surface area contributed by atoms with Gasteiger partial charge >= 0.3 is 0 Å². The van der Waals surface area contributed by atoms with Crippen molar-refractivity contribution in [3.63, 3.8) is 0 Å². The predicted molar refractivity (Wildman–Crippen MR) is 104 cm³/mol. The molecule has 25 heavy (non-hydrogen) atoms. The Kier molecular flexibility index (Phi) is 4.72. The van der Waals surface area contributed by atoms with Crippen LogP contribution in [0.5, 0.6) is 0 Å². The number of para-hydroxylation sites is 1. The van der Waals surface area contributed by atoms with Crippen LogP contribution in [-0.4, -0.2) is 42.2 Å². The van der Waals surface area contributed by atoms with Gasteiger partial charge in [0.15, 0.2) is 0 Å². The normalized spacial score (nSPS) is 18.6. The number of hydrogen-bond donors (Lipinski definition) is 1. The van der Waals surface area contributed by atoms with Crippen molar-refractivity contribution in [2.75, 3.05) is 41.3 Å². The van der Waals surface area contributed by atoms with E-state index in [9.17, 15) is 0 Å². The average molecular weight is 337 g/mol. The summed E-state index contributed by atoms with van der Waals surface area (Å²) < 4.78 is 0. The summed E-state index contributed by atoms with van der Waals surface area (Å²) in [4.78, 5) is 14.2. The van der Waals surface area contributed by atoms with Crippen LogP contribution in [0, 0.1) is 6.92 Å². The largest absolute Gasteiger partial charge is 0.368 e. The van der Waals surface area contributed by atoms with Crippen LogP contribution >= 0.6 is 0 Å². The van der Waals surface area contributed by atoms with Crippen molar-refractivity contribution in [1.29, 1.82) is 0 Å². The molecule has 1 saturated heterocycles. The lowest BCUT2D eigenvalue weighted by Gasteiger charge is -2.36. The monoisotopic (exact) mass is 337 g/mol. The Balaban J connectivity index is 1.42. The van der Waals surface area contributed by atoms with Gasteiger partial charge in [-0.25, -0.2) is 4.98 Å². The van der Waals surface area contributed by atoms with Gasteiger partial charge in [-0.05, 0) is 31.9 Å². The summed E-state index contributed by atoms with van der Waals surface area (Å²) in [5.74, 6) is 1.85. The van der Waals surface area contributed by atoms with Gasteiger partial charge in [-0.2, -0.15) is 4.98 Å². The van der Waals surface area contributed by atoms with Gasteiger partial charge in [0.1, 0.15) is 5.82 Å². The molecule has 0 spiro atoms. The van der Waals surface area contributed by atoms with Crippen LogP contribution in [0.2, 0.25) is 0 Å². The molecule has 1 N–H and O–H groups in total. The second kappa shape index (κ2) is 7.30. The Labute approximate surface area is 150 Å². The first kappa shape index (κ1) is 16.2. The van der Waals surface area contributed by atoms with E-state index in [1.165, 1.54) is 31.4 Å². The van der Waals surface area contributed by atoms with Gasteiger partial charge in [-0.15, -0.1) is 0 Å². The molecule has 1 saturated carbocycles. The molecule has 2 fully saturated rings.